The third kappa shape index (κ3) is 9.18. The third-order valence-electron chi connectivity index (χ3n) is 3.82. The number of hydrogen-bond donors (Lipinski definition) is 6. The molecule has 0 fully saturated rings. The number of para-hydroxylation sites is 2. The molecule has 10 nitrogen and oxygen atoms in total. The molecule has 0 bridgehead atoms. The lowest BCUT2D eigenvalue weighted by Crippen LogP contribution is -2.45. The minimum atomic E-state index is -1.23. The van der Waals surface area contributed by atoms with E-state index in [1.807, 2.05) is 0 Å². The summed E-state index contributed by atoms with van der Waals surface area (Å²) < 4.78 is 0. The lowest BCUT2D eigenvalue weighted by atomic mass is 10.3. The van der Waals surface area contributed by atoms with Crippen molar-refractivity contribution < 1.29 is 29.4 Å². The van der Waals surface area contributed by atoms with Crippen molar-refractivity contribution in [2.45, 2.75) is 12.1 Å². The summed E-state index contributed by atoms with van der Waals surface area (Å²) in [7, 11) is 2.15. The molecule has 0 aliphatic carbocycles. The zero-order valence-electron chi connectivity index (χ0n) is 16.7. The first-order chi connectivity index (χ1) is 15.3. The topological polar surface area (TPSA) is 157 Å². The summed E-state index contributed by atoms with van der Waals surface area (Å²) in [5.41, 5.74) is 1.03. The molecule has 0 aliphatic heterocycles. The fourth-order valence-corrected chi connectivity index (χ4v) is 4.59. The van der Waals surface area contributed by atoms with Crippen LogP contribution in [0.2, 0.25) is 0 Å². The maximum absolute atomic E-state index is 12.0. The van der Waals surface area contributed by atoms with Crippen LogP contribution in [0.4, 0.5) is 21.0 Å². The van der Waals surface area contributed by atoms with Gasteiger partial charge in [0.2, 0.25) is 0 Å². The highest BCUT2D eigenvalue weighted by Crippen LogP contribution is 2.23. The minimum Gasteiger partial charge on any atom is -0.480 e. The number of urea groups is 2. The van der Waals surface area contributed by atoms with Crippen LogP contribution in [0, 0.1) is 0 Å². The molecule has 2 unspecified atom stereocenters. The van der Waals surface area contributed by atoms with E-state index in [0.717, 1.165) is 21.6 Å². The highest BCUT2D eigenvalue weighted by Gasteiger charge is 2.23. The van der Waals surface area contributed by atoms with Crippen LogP contribution in [-0.4, -0.2) is 57.8 Å². The smallest absolute Gasteiger partial charge is 0.327 e. The third-order valence-corrected chi connectivity index (χ3v) is 6.24. The Morgan fingerprint density at radius 1 is 0.656 bits per heavy atom. The van der Waals surface area contributed by atoms with Crippen molar-refractivity contribution in [1.82, 2.24) is 10.6 Å². The number of carbonyl (C=O) groups excluding carboxylic acids is 2. The number of hydrogen-bond acceptors (Lipinski definition) is 6. The summed E-state index contributed by atoms with van der Waals surface area (Å²) in [5, 5.41) is 28.4. The van der Waals surface area contributed by atoms with Gasteiger partial charge in [0.25, 0.3) is 0 Å². The Morgan fingerprint density at radius 2 is 1.00 bits per heavy atom. The van der Waals surface area contributed by atoms with Gasteiger partial charge < -0.3 is 31.5 Å². The molecule has 4 amide bonds. The van der Waals surface area contributed by atoms with Gasteiger partial charge in [-0.15, -0.1) is 0 Å². The fraction of sp³-hybridized carbons (Fsp3) is 0.200. The van der Waals surface area contributed by atoms with Crippen molar-refractivity contribution in [3.05, 3.63) is 60.7 Å². The second kappa shape index (κ2) is 13.1. The predicted octanol–water partition coefficient (Wildman–Crippen LogP) is 2.92. The molecule has 0 saturated carbocycles. The average Bonchev–Trinajstić information content (AvgIpc) is 2.76. The number of rotatable bonds is 11. The molecule has 0 aromatic heterocycles. The van der Waals surface area contributed by atoms with E-state index in [1.54, 1.807) is 60.7 Å². The second-order valence-corrected chi connectivity index (χ2v) is 8.83. The highest BCUT2D eigenvalue weighted by molar-refractivity contribution is 8.76. The van der Waals surface area contributed by atoms with E-state index in [2.05, 4.69) is 21.3 Å². The minimum absolute atomic E-state index is 0.00917. The molecule has 2 rings (SSSR count). The van der Waals surface area contributed by atoms with E-state index in [-0.39, 0.29) is 11.5 Å². The van der Waals surface area contributed by atoms with E-state index in [4.69, 9.17) is 0 Å². The number of carboxylic acid groups (broad SMARTS) is 2. The van der Waals surface area contributed by atoms with Crippen molar-refractivity contribution in [3.63, 3.8) is 0 Å². The van der Waals surface area contributed by atoms with Crippen molar-refractivity contribution >= 4 is 57.0 Å². The van der Waals surface area contributed by atoms with E-state index >= 15 is 0 Å². The fourth-order valence-electron chi connectivity index (χ4n) is 2.28. The summed E-state index contributed by atoms with van der Waals surface area (Å²) in [6, 6.07) is 13.4. The molecule has 2 atom stereocenters. The van der Waals surface area contributed by atoms with Gasteiger partial charge in [-0.25, -0.2) is 19.2 Å². The first kappa shape index (κ1) is 24.9. The molecule has 12 heteroatoms. The Balaban J connectivity index is 1.76. The highest BCUT2D eigenvalue weighted by atomic mass is 33.1. The van der Waals surface area contributed by atoms with E-state index in [0.29, 0.717) is 11.4 Å². The maximum Gasteiger partial charge on any atom is 0.327 e. The molecular formula is C20H22N4O6S2. The van der Waals surface area contributed by atoms with Gasteiger partial charge in [-0.3, -0.25) is 0 Å². The molecule has 0 radical (unpaired) electrons. The van der Waals surface area contributed by atoms with Crippen LogP contribution >= 0.6 is 21.6 Å². The van der Waals surface area contributed by atoms with E-state index in [1.165, 1.54) is 0 Å². The van der Waals surface area contributed by atoms with Gasteiger partial charge in [0.1, 0.15) is 12.1 Å². The quantitative estimate of drug-likeness (QED) is 0.213. The van der Waals surface area contributed by atoms with Gasteiger partial charge in [0, 0.05) is 22.9 Å². The van der Waals surface area contributed by atoms with Gasteiger partial charge in [0.05, 0.1) is 0 Å². The lowest BCUT2D eigenvalue weighted by Gasteiger charge is -2.16. The van der Waals surface area contributed by atoms with Crippen molar-refractivity contribution in [3.8, 4) is 0 Å². The molecule has 2 aromatic rings. The molecule has 2 aromatic carbocycles. The van der Waals surface area contributed by atoms with Crippen LogP contribution < -0.4 is 21.3 Å². The first-order valence-corrected chi connectivity index (χ1v) is 11.8. The molecule has 32 heavy (non-hydrogen) atoms. The number of anilines is 2. The van der Waals surface area contributed by atoms with E-state index in [9.17, 15) is 29.4 Å². The van der Waals surface area contributed by atoms with Gasteiger partial charge in [-0.05, 0) is 24.3 Å². The zero-order valence-corrected chi connectivity index (χ0v) is 18.3. The summed E-state index contributed by atoms with van der Waals surface area (Å²) in [6.07, 6.45) is 0. The van der Waals surface area contributed by atoms with Crippen molar-refractivity contribution in [1.29, 1.82) is 0 Å². The summed E-state index contributed by atoms with van der Waals surface area (Å²) in [4.78, 5) is 46.8. The number of nitrogens with one attached hydrogen (secondary N) is 4. The Bertz CT molecular complexity index is 841. The van der Waals surface area contributed by atoms with Gasteiger partial charge >= 0.3 is 24.0 Å². The number of carboxylic acids is 2. The van der Waals surface area contributed by atoms with Crippen LogP contribution in [0.25, 0.3) is 0 Å². The summed E-state index contributed by atoms with van der Waals surface area (Å²) >= 11 is 0. The summed E-state index contributed by atoms with van der Waals surface area (Å²) in [6.45, 7) is 0. The summed E-state index contributed by atoms with van der Waals surface area (Å²) in [5.74, 6) is -2.47. The molecule has 0 aliphatic rings. The Kier molecular flexibility index (Phi) is 10.2. The lowest BCUT2D eigenvalue weighted by molar-refractivity contribution is -0.139. The van der Waals surface area contributed by atoms with Gasteiger partial charge in [-0.2, -0.15) is 0 Å². The molecule has 0 heterocycles. The number of benzene rings is 2. The van der Waals surface area contributed by atoms with Crippen LogP contribution in [-0.2, 0) is 9.59 Å². The van der Waals surface area contributed by atoms with Gasteiger partial charge in [0.15, 0.2) is 0 Å². The standard InChI is InChI=1S/C20H22N4O6S2/c25-17(26)15(23-19(29)21-13-7-3-1-4-8-13)11-31-32-12-16(18(27)28)24-20(30)22-14-9-5-2-6-10-14/h1-10,15-16H,11-12H2,(H,25,26)(H,27,28)(H2,21,23,29)(H2,22,24,30). The first-order valence-electron chi connectivity index (χ1n) is 9.30. The monoisotopic (exact) mass is 478 g/mol. The van der Waals surface area contributed by atoms with Crippen LogP contribution in [0.3, 0.4) is 0 Å². The molecule has 0 saturated heterocycles. The number of carbonyl (C=O) groups is 4. The maximum atomic E-state index is 12.0. The van der Waals surface area contributed by atoms with Crippen LogP contribution in [0.15, 0.2) is 60.7 Å². The van der Waals surface area contributed by atoms with E-state index < -0.39 is 36.1 Å². The Hall–Kier alpha value is -3.38. The van der Waals surface area contributed by atoms with Crippen LogP contribution in [0.1, 0.15) is 0 Å². The van der Waals surface area contributed by atoms with Gasteiger partial charge in [-0.1, -0.05) is 58.0 Å². The molecule has 6 N–H and O–H groups in total. The number of amides is 4. The SMILES string of the molecule is O=C(Nc1ccccc1)NC(CSSCC(NC(=O)Nc1ccccc1)C(=O)O)C(=O)O. The molecule has 0 spiro atoms. The second-order valence-electron chi connectivity index (χ2n) is 6.28. The molecule has 170 valence electrons. The van der Waals surface area contributed by atoms with Crippen LogP contribution in [0.5, 0.6) is 0 Å². The molecular weight excluding hydrogens is 456 g/mol. The largest absolute Gasteiger partial charge is 0.480 e. The number of aliphatic carboxylic acids is 2. The van der Waals surface area contributed by atoms with Crippen molar-refractivity contribution in [2.75, 3.05) is 22.1 Å². The Labute approximate surface area is 191 Å². The average molecular weight is 479 g/mol. The zero-order chi connectivity index (χ0) is 23.3. The predicted molar refractivity (Wildman–Crippen MR) is 125 cm³/mol. The normalized spacial score (nSPS) is 12.1. The Morgan fingerprint density at radius 3 is 1.31 bits per heavy atom. The van der Waals surface area contributed by atoms with Crippen molar-refractivity contribution in [2.24, 2.45) is 0 Å².